The molecule has 136 valence electrons. The van der Waals surface area contributed by atoms with Crippen molar-refractivity contribution in [3.8, 4) is 23.0 Å². The summed E-state index contributed by atoms with van der Waals surface area (Å²) >= 11 is 0. The minimum atomic E-state index is -3.15. The zero-order valence-electron chi connectivity index (χ0n) is 14.4. The van der Waals surface area contributed by atoms with Crippen LogP contribution in [0.15, 0.2) is 47.5 Å². The van der Waals surface area contributed by atoms with Gasteiger partial charge in [0.1, 0.15) is 17.3 Å². The molecule has 0 aliphatic rings. The number of halogens is 1. The third kappa shape index (κ3) is 3.41. The summed E-state index contributed by atoms with van der Waals surface area (Å²) in [5, 5.41) is 0.661. The smallest absolute Gasteiger partial charge is 0.162 e. The van der Waals surface area contributed by atoms with Gasteiger partial charge in [-0.1, -0.05) is 0 Å². The van der Waals surface area contributed by atoms with Gasteiger partial charge >= 0.3 is 0 Å². The average molecular weight is 376 g/mol. The van der Waals surface area contributed by atoms with Crippen molar-refractivity contribution in [1.29, 1.82) is 4.78 Å². The lowest BCUT2D eigenvalue weighted by Crippen LogP contribution is -1.99. The van der Waals surface area contributed by atoms with Crippen LogP contribution in [0, 0.1) is 10.6 Å². The van der Waals surface area contributed by atoms with Crippen molar-refractivity contribution >= 4 is 20.6 Å². The molecule has 1 atom stereocenters. The Morgan fingerprint density at radius 3 is 2.35 bits per heavy atom. The highest BCUT2D eigenvalue weighted by molar-refractivity contribution is 7.91. The van der Waals surface area contributed by atoms with Crippen LogP contribution in [0.5, 0.6) is 23.0 Å². The number of aromatic nitrogens is 1. The summed E-state index contributed by atoms with van der Waals surface area (Å²) in [6, 6.07) is 8.98. The zero-order chi connectivity index (χ0) is 18.9. The predicted octanol–water partition coefficient (Wildman–Crippen LogP) is 4.22. The van der Waals surface area contributed by atoms with Crippen molar-refractivity contribution in [2.75, 3.05) is 20.5 Å². The number of fused-ring (bicyclic) bond motifs is 1. The highest BCUT2D eigenvalue weighted by Crippen LogP contribution is 2.37. The summed E-state index contributed by atoms with van der Waals surface area (Å²) in [4.78, 5) is 4.12. The number of nitrogens with zero attached hydrogens (tertiary/aromatic N) is 1. The molecule has 0 saturated carbocycles. The molecule has 0 aliphatic carbocycles. The Bertz CT molecular complexity index is 1080. The second-order valence-corrected chi connectivity index (χ2v) is 7.70. The molecular formula is C18H17FN2O4S. The molecular weight excluding hydrogens is 359 g/mol. The number of pyridine rings is 1. The molecule has 0 saturated heterocycles. The van der Waals surface area contributed by atoms with Gasteiger partial charge < -0.3 is 14.2 Å². The molecule has 6 nitrogen and oxygen atoms in total. The molecule has 0 bridgehead atoms. The highest BCUT2D eigenvalue weighted by Gasteiger charge is 2.14. The SMILES string of the molecule is COc1cc2nccc(Oc3ccc(S(C)(=N)=O)c(F)c3)c2cc1OC. The molecule has 0 radical (unpaired) electrons. The van der Waals surface area contributed by atoms with E-state index in [4.69, 9.17) is 19.0 Å². The molecule has 0 spiro atoms. The van der Waals surface area contributed by atoms with Crippen molar-refractivity contribution in [2.24, 2.45) is 0 Å². The highest BCUT2D eigenvalue weighted by atomic mass is 32.2. The summed E-state index contributed by atoms with van der Waals surface area (Å²) in [6.45, 7) is 0. The Labute approximate surface area is 150 Å². The lowest BCUT2D eigenvalue weighted by Gasteiger charge is -2.13. The number of nitrogens with one attached hydrogen (secondary N) is 1. The number of ether oxygens (including phenoxy) is 3. The van der Waals surface area contributed by atoms with E-state index < -0.39 is 15.5 Å². The van der Waals surface area contributed by atoms with E-state index in [9.17, 15) is 8.60 Å². The van der Waals surface area contributed by atoms with Crippen molar-refractivity contribution in [2.45, 2.75) is 4.90 Å². The van der Waals surface area contributed by atoms with Crippen LogP contribution in [0.3, 0.4) is 0 Å². The molecule has 26 heavy (non-hydrogen) atoms. The largest absolute Gasteiger partial charge is 0.493 e. The quantitative estimate of drug-likeness (QED) is 0.721. The first-order chi connectivity index (χ1) is 12.3. The lowest BCUT2D eigenvalue weighted by molar-refractivity contribution is 0.355. The van der Waals surface area contributed by atoms with E-state index in [1.807, 2.05) is 0 Å². The molecule has 3 rings (SSSR count). The van der Waals surface area contributed by atoms with Crippen molar-refractivity contribution in [3.63, 3.8) is 0 Å². The van der Waals surface area contributed by atoms with Crippen molar-refractivity contribution < 1.29 is 22.8 Å². The van der Waals surface area contributed by atoms with Crippen molar-refractivity contribution in [3.05, 3.63) is 48.4 Å². The molecule has 0 amide bonds. The van der Waals surface area contributed by atoms with Crippen LogP contribution in [0.1, 0.15) is 0 Å². The van der Waals surface area contributed by atoms with Gasteiger partial charge in [0.15, 0.2) is 11.5 Å². The first-order valence-electron chi connectivity index (χ1n) is 7.55. The topological polar surface area (TPSA) is 81.5 Å². The van der Waals surface area contributed by atoms with Crippen LogP contribution in [-0.4, -0.2) is 29.7 Å². The first-order valence-corrected chi connectivity index (χ1v) is 9.52. The third-order valence-electron chi connectivity index (χ3n) is 3.76. The summed E-state index contributed by atoms with van der Waals surface area (Å²) < 4.78 is 49.7. The number of hydrogen-bond donors (Lipinski definition) is 1. The maximum absolute atomic E-state index is 14.2. The number of benzene rings is 2. The third-order valence-corrected chi connectivity index (χ3v) is 4.93. The van der Waals surface area contributed by atoms with Gasteiger partial charge in [0.25, 0.3) is 0 Å². The number of methoxy groups -OCH3 is 2. The Kier molecular flexibility index (Phi) is 4.69. The molecule has 2 aromatic carbocycles. The molecule has 1 unspecified atom stereocenters. The minimum absolute atomic E-state index is 0.157. The van der Waals surface area contributed by atoms with Crippen molar-refractivity contribution in [1.82, 2.24) is 4.98 Å². The average Bonchev–Trinajstić information content (AvgIpc) is 2.59. The second kappa shape index (κ2) is 6.80. The van der Waals surface area contributed by atoms with Gasteiger partial charge in [0.05, 0.1) is 34.4 Å². The zero-order valence-corrected chi connectivity index (χ0v) is 15.2. The molecule has 3 aromatic rings. The van der Waals surface area contributed by atoms with Crippen LogP contribution < -0.4 is 14.2 Å². The van der Waals surface area contributed by atoms with Gasteiger partial charge in [0.2, 0.25) is 0 Å². The van der Waals surface area contributed by atoms with Crippen LogP contribution in [-0.2, 0) is 9.73 Å². The van der Waals surface area contributed by atoms with Gasteiger partial charge in [0, 0.05) is 30.0 Å². The maximum Gasteiger partial charge on any atom is 0.162 e. The molecule has 0 aliphatic heterocycles. The molecule has 0 fully saturated rings. The van der Waals surface area contributed by atoms with Gasteiger partial charge in [-0.25, -0.2) is 13.4 Å². The molecule has 8 heteroatoms. The molecule has 1 N–H and O–H groups in total. The monoisotopic (exact) mass is 376 g/mol. The van der Waals surface area contributed by atoms with Gasteiger partial charge in [-0.15, -0.1) is 0 Å². The normalized spacial score (nSPS) is 13.2. The summed E-state index contributed by atoms with van der Waals surface area (Å²) in [5.41, 5.74) is 0.625. The fraction of sp³-hybridized carbons (Fsp3) is 0.167. The summed E-state index contributed by atoms with van der Waals surface area (Å²) in [7, 11) is -0.0857. The van der Waals surface area contributed by atoms with E-state index in [0.717, 1.165) is 6.07 Å². The van der Waals surface area contributed by atoms with E-state index in [1.54, 1.807) is 24.4 Å². The minimum Gasteiger partial charge on any atom is -0.493 e. The Morgan fingerprint density at radius 1 is 1.04 bits per heavy atom. The first kappa shape index (κ1) is 17.9. The van der Waals surface area contributed by atoms with E-state index in [-0.39, 0.29) is 10.6 Å². The van der Waals surface area contributed by atoms with Gasteiger partial charge in [-0.3, -0.25) is 4.98 Å². The molecule has 1 heterocycles. The lowest BCUT2D eigenvalue weighted by atomic mass is 10.2. The van der Waals surface area contributed by atoms with Gasteiger partial charge in [-0.2, -0.15) is 0 Å². The van der Waals surface area contributed by atoms with Crippen LogP contribution >= 0.6 is 0 Å². The number of hydrogen-bond acceptors (Lipinski definition) is 6. The second-order valence-electron chi connectivity index (χ2n) is 5.57. The fourth-order valence-corrected chi connectivity index (χ4v) is 3.28. The van der Waals surface area contributed by atoms with Crippen LogP contribution in [0.25, 0.3) is 10.9 Å². The Hall–Kier alpha value is -2.87. The summed E-state index contributed by atoms with van der Waals surface area (Å²) in [5.74, 6) is 0.971. The Balaban J connectivity index is 2.05. The van der Waals surface area contributed by atoms with E-state index in [1.165, 1.54) is 32.6 Å². The molecule has 1 aromatic heterocycles. The van der Waals surface area contributed by atoms with Gasteiger partial charge in [-0.05, 0) is 24.3 Å². The predicted molar refractivity (Wildman–Crippen MR) is 96.4 cm³/mol. The van der Waals surface area contributed by atoms with E-state index in [2.05, 4.69) is 4.98 Å². The van der Waals surface area contributed by atoms with Crippen LogP contribution in [0.2, 0.25) is 0 Å². The van der Waals surface area contributed by atoms with E-state index >= 15 is 0 Å². The summed E-state index contributed by atoms with van der Waals surface area (Å²) in [6.07, 6.45) is 2.74. The Morgan fingerprint density at radius 2 is 1.73 bits per heavy atom. The van der Waals surface area contributed by atoms with E-state index in [0.29, 0.717) is 28.2 Å². The standard InChI is InChI=1S/C18H17FN2O4S/c1-23-16-9-12-14(10-17(16)24-2)21-7-6-15(12)25-11-4-5-18(13(19)8-11)26(3,20)22/h4-10,20H,1-3H3. The number of rotatable bonds is 5. The fourth-order valence-electron chi connectivity index (χ4n) is 2.52. The van der Waals surface area contributed by atoms with Crippen LogP contribution in [0.4, 0.5) is 4.39 Å². The maximum atomic E-state index is 14.2.